The molecule has 0 N–H and O–H groups in total. The van der Waals surface area contributed by atoms with Gasteiger partial charge in [0.15, 0.2) is 0 Å². The fourth-order valence-corrected chi connectivity index (χ4v) is 2.16. The Morgan fingerprint density at radius 3 is 2.64 bits per heavy atom. The highest BCUT2D eigenvalue weighted by Crippen LogP contribution is 2.26. The van der Waals surface area contributed by atoms with Crippen LogP contribution in [-0.2, 0) is 4.74 Å². The van der Waals surface area contributed by atoms with Crippen molar-refractivity contribution in [2.24, 2.45) is 0 Å². The largest absolute Gasteiger partial charge is 0.374 e. The van der Waals surface area contributed by atoms with E-state index in [1.54, 1.807) is 0 Å². The zero-order chi connectivity index (χ0) is 10.7. The van der Waals surface area contributed by atoms with E-state index in [2.05, 4.69) is 4.90 Å². The van der Waals surface area contributed by atoms with Gasteiger partial charge in [0.2, 0.25) is 0 Å². The molecule has 82 valence electrons. The fourth-order valence-electron chi connectivity index (χ4n) is 2.16. The number of nitrogens with zero attached hydrogens (tertiary/aromatic N) is 1. The predicted molar refractivity (Wildman–Crippen MR) is 55.9 cm³/mol. The number of likely N-dealkylation sites (N-methyl/N-ethyl adjacent to an activating group) is 1. The summed E-state index contributed by atoms with van der Waals surface area (Å²) in [5.41, 5.74) is 0.862. The lowest BCUT2D eigenvalue weighted by Crippen LogP contribution is -2.38. The van der Waals surface area contributed by atoms with Crippen LogP contribution in [0.15, 0.2) is 11.9 Å². The van der Waals surface area contributed by atoms with E-state index >= 15 is 0 Å². The van der Waals surface area contributed by atoms with Crippen LogP contribution in [-0.4, -0.2) is 36.7 Å². The Labute approximate surface area is 85.7 Å². The first kappa shape index (κ1) is 11.7. The quantitative estimate of drug-likeness (QED) is 0.695. The molecule has 0 aromatic heterocycles. The molecule has 1 fully saturated rings. The number of likely N-dealkylation sites (tertiary alicyclic amines) is 1. The van der Waals surface area contributed by atoms with E-state index in [1.165, 1.54) is 0 Å². The number of hydrogen-bond donors (Lipinski definition) is 0. The van der Waals surface area contributed by atoms with E-state index in [9.17, 15) is 4.39 Å². The van der Waals surface area contributed by atoms with Crippen molar-refractivity contribution in [3.63, 3.8) is 0 Å². The third-order valence-corrected chi connectivity index (χ3v) is 2.68. The summed E-state index contributed by atoms with van der Waals surface area (Å²) in [5.74, 6) is 0. The molecule has 0 spiro atoms. The monoisotopic (exact) mass is 201 g/mol. The Hall–Kier alpha value is -0.410. The Kier molecular flexibility index (Phi) is 4.08. The van der Waals surface area contributed by atoms with Gasteiger partial charge >= 0.3 is 0 Å². The maximum Gasteiger partial charge on any atom is 0.0876 e. The van der Waals surface area contributed by atoms with Gasteiger partial charge in [-0.25, -0.2) is 4.39 Å². The average molecular weight is 201 g/mol. The smallest absolute Gasteiger partial charge is 0.0876 e. The van der Waals surface area contributed by atoms with Crippen LogP contribution in [0.4, 0.5) is 4.39 Å². The van der Waals surface area contributed by atoms with Gasteiger partial charge in [-0.05, 0) is 39.8 Å². The van der Waals surface area contributed by atoms with Crippen molar-refractivity contribution >= 4 is 0 Å². The molecule has 2 nitrogen and oxygen atoms in total. The molecule has 0 aromatic carbocycles. The summed E-state index contributed by atoms with van der Waals surface area (Å²) in [6.07, 6.45) is 1.82. The molecular formula is C11H20FNO. The van der Waals surface area contributed by atoms with Gasteiger partial charge in [-0.1, -0.05) is 0 Å². The predicted octanol–water partition coefficient (Wildman–Crippen LogP) is 2.36. The molecule has 2 unspecified atom stereocenters. The van der Waals surface area contributed by atoms with Crippen LogP contribution in [0, 0.1) is 0 Å². The summed E-state index contributed by atoms with van der Waals surface area (Å²) in [6, 6.07) is 0.113. The molecule has 3 heteroatoms. The standard InChI is InChI=1S/C11H20FNO/c1-8(2)14-9(3)11-10(7-12)5-6-13(11)4/h7-9,11H,5-6H2,1-4H3/b10-7+. The van der Waals surface area contributed by atoms with E-state index in [0.717, 1.165) is 24.9 Å². The lowest BCUT2D eigenvalue weighted by Gasteiger charge is -2.28. The molecule has 14 heavy (non-hydrogen) atoms. The second-order valence-electron chi connectivity index (χ2n) is 4.25. The summed E-state index contributed by atoms with van der Waals surface area (Å²) in [4.78, 5) is 2.15. The summed E-state index contributed by atoms with van der Waals surface area (Å²) >= 11 is 0. The number of ether oxygens (including phenoxy) is 1. The molecular weight excluding hydrogens is 181 g/mol. The van der Waals surface area contributed by atoms with Crippen molar-refractivity contribution < 1.29 is 9.13 Å². The summed E-state index contributed by atoms with van der Waals surface area (Å²) in [6.45, 7) is 6.94. The van der Waals surface area contributed by atoms with Crippen LogP contribution in [0.25, 0.3) is 0 Å². The number of hydrogen-bond acceptors (Lipinski definition) is 2. The third-order valence-electron chi connectivity index (χ3n) is 2.68. The molecule has 0 saturated carbocycles. The zero-order valence-electron chi connectivity index (χ0n) is 9.46. The van der Waals surface area contributed by atoms with E-state index in [1.807, 2.05) is 27.8 Å². The Morgan fingerprint density at radius 2 is 2.14 bits per heavy atom. The fraction of sp³-hybridized carbons (Fsp3) is 0.818. The van der Waals surface area contributed by atoms with E-state index < -0.39 is 0 Å². The molecule has 2 atom stereocenters. The molecule has 0 bridgehead atoms. The maximum absolute atomic E-state index is 12.6. The van der Waals surface area contributed by atoms with Crippen LogP contribution < -0.4 is 0 Å². The molecule has 1 saturated heterocycles. The summed E-state index contributed by atoms with van der Waals surface area (Å²) < 4.78 is 18.3. The molecule has 1 aliphatic heterocycles. The average Bonchev–Trinajstić information content (AvgIpc) is 2.45. The van der Waals surface area contributed by atoms with Crippen molar-refractivity contribution in [2.75, 3.05) is 13.6 Å². The lowest BCUT2D eigenvalue weighted by atomic mass is 10.1. The van der Waals surface area contributed by atoms with Crippen molar-refractivity contribution in [2.45, 2.75) is 45.4 Å². The van der Waals surface area contributed by atoms with Crippen molar-refractivity contribution in [3.8, 4) is 0 Å². The van der Waals surface area contributed by atoms with Gasteiger partial charge < -0.3 is 4.74 Å². The van der Waals surface area contributed by atoms with Gasteiger partial charge in [-0.3, -0.25) is 4.90 Å². The normalized spacial score (nSPS) is 29.0. The topological polar surface area (TPSA) is 12.5 Å². The second kappa shape index (κ2) is 4.89. The van der Waals surface area contributed by atoms with Crippen LogP contribution >= 0.6 is 0 Å². The molecule has 1 rings (SSSR count). The highest BCUT2D eigenvalue weighted by molar-refractivity contribution is 5.15. The minimum absolute atomic E-state index is 0.0597. The van der Waals surface area contributed by atoms with Gasteiger partial charge in [-0.15, -0.1) is 0 Å². The summed E-state index contributed by atoms with van der Waals surface area (Å²) in [7, 11) is 2.02. The maximum atomic E-state index is 12.6. The number of halogens is 1. The first-order valence-electron chi connectivity index (χ1n) is 5.21. The van der Waals surface area contributed by atoms with Crippen molar-refractivity contribution in [1.29, 1.82) is 0 Å². The Balaban J connectivity index is 2.64. The van der Waals surface area contributed by atoms with Gasteiger partial charge in [0.05, 0.1) is 24.6 Å². The molecule has 0 radical (unpaired) electrons. The van der Waals surface area contributed by atoms with Crippen LogP contribution in [0.1, 0.15) is 27.2 Å². The second-order valence-corrected chi connectivity index (χ2v) is 4.25. The van der Waals surface area contributed by atoms with Gasteiger partial charge in [0, 0.05) is 6.54 Å². The highest BCUT2D eigenvalue weighted by Gasteiger charge is 2.32. The zero-order valence-corrected chi connectivity index (χ0v) is 9.46. The van der Waals surface area contributed by atoms with Crippen LogP contribution in [0.3, 0.4) is 0 Å². The Morgan fingerprint density at radius 1 is 1.50 bits per heavy atom. The molecule has 1 aliphatic rings. The SMILES string of the molecule is CC(C)OC(C)C1/C(=C/F)CCN1C. The molecule has 1 heterocycles. The van der Waals surface area contributed by atoms with Crippen LogP contribution in [0.2, 0.25) is 0 Å². The molecule has 0 aliphatic carbocycles. The first-order valence-corrected chi connectivity index (χ1v) is 5.21. The van der Waals surface area contributed by atoms with Gasteiger partial charge in [0.25, 0.3) is 0 Å². The van der Waals surface area contributed by atoms with Crippen molar-refractivity contribution in [3.05, 3.63) is 11.9 Å². The minimum Gasteiger partial charge on any atom is -0.374 e. The van der Waals surface area contributed by atoms with E-state index in [4.69, 9.17) is 4.74 Å². The first-order chi connectivity index (χ1) is 6.56. The Bertz CT molecular complexity index is 215. The minimum atomic E-state index is 0.0597. The number of rotatable bonds is 3. The third kappa shape index (κ3) is 2.55. The molecule has 0 amide bonds. The summed E-state index contributed by atoms with van der Waals surface area (Å²) in [5, 5.41) is 0. The van der Waals surface area contributed by atoms with Crippen LogP contribution in [0.5, 0.6) is 0 Å². The van der Waals surface area contributed by atoms with Crippen molar-refractivity contribution in [1.82, 2.24) is 4.90 Å². The van der Waals surface area contributed by atoms with E-state index in [-0.39, 0.29) is 18.2 Å². The van der Waals surface area contributed by atoms with E-state index in [0.29, 0.717) is 0 Å². The van der Waals surface area contributed by atoms with Gasteiger partial charge in [0.1, 0.15) is 0 Å². The molecule has 0 aromatic rings. The van der Waals surface area contributed by atoms with Gasteiger partial charge in [-0.2, -0.15) is 0 Å². The lowest BCUT2D eigenvalue weighted by molar-refractivity contribution is -0.0127. The highest BCUT2D eigenvalue weighted by atomic mass is 19.1.